The first kappa shape index (κ1) is 16.1. The predicted molar refractivity (Wildman–Crippen MR) is 95.9 cm³/mol. The Labute approximate surface area is 140 Å². The van der Waals surface area contributed by atoms with E-state index in [2.05, 4.69) is 73.5 Å². The van der Waals surface area contributed by atoms with Crippen molar-refractivity contribution in [2.24, 2.45) is 0 Å². The molecule has 2 heteroatoms. The van der Waals surface area contributed by atoms with Gasteiger partial charge >= 0.3 is 0 Å². The van der Waals surface area contributed by atoms with Gasteiger partial charge in [-0.25, -0.2) is 0 Å². The molecule has 2 aromatic carbocycles. The fraction of sp³-hybridized carbons (Fsp3) is 0.429. The smallest absolute Gasteiger partial charge is 0.125 e. The van der Waals surface area contributed by atoms with Gasteiger partial charge in [0, 0.05) is 12.5 Å². The number of likely N-dealkylation sites (tertiary alicyclic amines) is 1. The highest BCUT2D eigenvalue weighted by molar-refractivity contribution is 5.29. The van der Waals surface area contributed by atoms with E-state index >= 15 is 0 Å². The van der Waals surface area contributed by atoms with Crippen LogP contribution in [-0.2, 0) is 0 Å². The Kier molecular flexibility index (Phi) is 5.35. The molecule has 0 aromatic heterocycles. The van der Waals surface area contributed by atoms with E-state index in [0.29, 0.717) is 6.04 Å². The quantitative estimate of drug-likeness (QED) is 0.771. The fourth-order valence-electron chi connectivity index (χ4n) is 3.46. The maximum atomic E-state index is 6.41. The lowest BCUT2D eigenvalue weighted by molar-refractivity contribution is 0.109. The molecule has 0 N–H and O–H groups in total. The van der Waals surface area contributed by atoms with E-state index < -0.39 is 0 Å². The Morgan fingerprint density at radius 2 is 1.91 bits per heavy atom. The summed E-state index contributed by atoms with van der Waals surface area (Å²) in [5.41, 5.74) is 2.51. The summed E-state index contributed by atoms with van der Waals surface area (Å²) in [7, 11) is 2.25. The highest BCUT2D eigenvalue weighted by Gasteiger charge is 2.25. The lowest BCUT2D eigenvalue weighted by Gasteiger charge is -2.35. The van der Waals surface area contributed by atoms with Gasteiger partial charge in [0.05, 0.1) is 0 Å². The molecule has 0 spiro atoms. The van der Waals surface area contributed by atoms with E-state index in [1.54, 1.807) is 0 Å². The molecular formula is C21H27NO. The average Bonchev–Trinajstić information content (AvgIpc) is 2.57. The van der Waals surface area contributed by atoms with Crippen molar-refractivity contribution in [3.05, 3.63) is 65.7 Å². The van der Waals surface area contributed by atoms with Gasteiger partial charge in [-0.1, -0.05) is 48.9 Å². The maximum Gasteiger partial charge on any atom is 0.125 e. The third-order valence-corrected chi connectivity index (χ3v) is 4.85. The second-order valence-electron chi connectivity index (χ2n) is 6.70. The molecule has 3 rings (SSSR count). The highest BCUT2D eigenvalue weighted by atomic mass is 16.5. The lowest BCUT2D eigenvalue weighted by atomic mass is 9.94. The molecule has 0 saturated carbocycles. The Hall–Kier alpha value is -1.80. The Balaban J connectivity index is 1.79. The first-order valence-electron chi connectivity index (χ1n) is 8.71. The molecule has 2 nitrogen and oxygen atoms in total. The van der Waals surface area contributed by atoms with E-state index in [9.17, 15) is 0 Å². The molecular weight excluding hydrogens is 282 g/mol. The van der Waals surface area contributed by atoms with Gasteiger partial charge in [0.2, 0.25) is 0 Å². The molecule has 0 amide bonds. The predicted octanol–water partition coefficient (Wildman–Crippen LogP) is 4.99. The van der Waals surface area contributed by atoms with Crippen LogP contribution >= 0.6 is 0 Å². The van der Waals surface area contributed by atoms with E-state index in [4.69, 9.17) is 4.74 Å². The van der Waals surface area contributed by atoms with Crippen LogP contribution < -0.4 is 4.74 Å². The number of hydrogen-bond acceptors (Lipinski definition) is 2. The number of aryl methyl sites for hydroxylation is 1. The highest BCUT2D eigenvalue weighted by Crippen LogP contribution is 2.30. The normalized spacial score (nSPS) is 20.2. The van der Waals surface area contributed by atoms with Crippen molar-refractivity contribution in [3.8, 4) is 5.75 Å². The third-order valence-electron chi connectivity index (χ3n) is 4.85. The number of nitrogens with zero attached hydrogens (tertiary/aromatic N) is 1. The molecule has 2 atom stereocenters. The zero-order chi connectivity index (χ0) is 16.1. The van der Waals surface area contributed by atoms with E-state index in [1.165, 1.54) is 36.9 Å². The van der Waals surface area contributed by atoms with Crippen LogP contribution in [0.1, 0.15) is 42.9 Å². The molecule has 23 heavy (non-hydrogen) atoms. The molecule has 1 aliphatic heterocycles. The Bertz CT molecular complexity index is 610. The van der Waals surface area contributed by atoms with Crippen LogP contribution in [0.25, 0.3) is 0 Å². The van der Waals surface area contributed by atoms with Crippen molar-refractivity contribution in [2.75, 3.05) is 13.6 Å². The molecule has 0 aliphatic carbocycles. The number of rotatable bonds is 5. The number of benzene rings is 2. The van der Waals surface area contributed by atoms with Crippen LogP contribution in [-0.4, -0.2) is 24.5 Å². The Morgan fingerprint density at radius 1 is 1.09 bits per heavy atom. The van der Waals surface area contributed by atoms with Crippen LogP contribution in [0.3, 0.4) is 0 Å². The van der Waals surface area contributed by atoms with Crippen LogP contribution in [0.5, 0.6) is 5.75 Å². The van der Waals surface area contributed by atoms with E-state index in [0.717, 1.165) is 12.2 Å². The molecule has 1 fully saturated rings. The molecule has 2 aromatic rings. The summed E-state index contributed by atoms with van der Waals surface area (Å²) in [4.78, 5) is 2.50. The van der Waals surface area contributed by atoms with E-state index in [-0.39, 0.29) is 6.10 Å². The molecule has 0 radical (unpaired) electrons. The van der Waals surface area contributed by atoms with Gasteiger partial charge in [0.25, 0.3) is 0 Å². The zero-order valence-corrected chi connectivity index (χ0v) is 14.2. The standard InChI is InChI=1S/C21H27NO/c1-17-9-8-13-20(15-17)23-21(18-10-4-3-5-11-18)16-19-12-6-7-14-22(19)2/h3-5,8-11,13,15,19,21H,6-7,12,14,16H2,1-2H3. The number of piperidine rings is 1. The largest absolute Gasteiger partial charge is 0.486 e. The molecule has 0 bridgehead atoms. The first-order chi connectivity index (χ1) is 11.2. The van der Waals surface area contributed by atoms with Gasteiger partial charge in [-0.3, -0.25) is 0 Å². The summed E-state index contributed by atoms with van der Waals surface area (Å²) in [6, 6.07) is 19.6. The Morgan fingerprint density at radius 3 is 2.65 bits per heavy atom. The number of ether oxygens (including phenoxy) is 1. The van der Waals surface area contributed by atoms with Crippen molar-refractivity contribution in [3.63, 3.8) is 0 Å². The molecule has 1 saturated heterocycles. The van der Waals surface area contributed by atoms with Gasteiger partial charge in [0.1, 0.15) is 11.9 Å². The van der Waals surface area contributed by atoms with Crippen LogP contribution in [0.15, 0.2) is 54.6 Å². The SMILES string of the molecule is Cc1cccc(OC(CC2CCCCN2C)c2ccccc2)c1. The summed E-state index contributed by atoms with van der Waals surface area (Å²) >= 11 is 0. The molecule has 122 valence electrons. The van der Waals surface area contributed by atoms with Crippen molar-refractivity contribution >= 4 is 0 Å². The average molecular weight is 309 g/mol. The maximum absolute atomic E-state index is 6.41. The second kappa shape index (κ2) is 7.65. The van der Waals surface area contributed by atoms with Crippen molar-refractivity contribution in [1.29, 1.82) is 0 Å². The summed E-state index contributed by atoms with van der Waals surface area (Å²) in [5.74, 6) is 0.970. The molecule has 2 unspecified atom stereocenters. The summed E-state index contributed by atoms with van der Waals surface area (Å²) in [5, 5.41) is 0. The topological polar surface area (TPSA) is 12.5 Å². The van der Waals surface area contributed by atoms with Crippen molar-refractivity contribution in [1.82, 2.24) is 4.90 Å². The van der Waals surface area contributed by atoms with Gasteiger partial charge in [-0.15, -0.1) is 0 Å². The summed E-state index contributed by atoms with van der Waals surface area (Å²) in [6.07, 6.45) is 5.09. The van der Waals surface area contributed by atoms with Gasteiger partial charge in [-0.2, -0.15) is 0 Å². The summed E-state index contributed by atoms with van der Waals surface area (Å²) in [6.45, 7) is 3.32. The zero-order valence-electron chi connectivity index (χ0n) is 14.2. The minimum Gasteiger partial charge on any atom is -0.486 e. The fourth-order valence-corrected chi connectivity index (χ4v) is 3.46. The van der Waals surface area contributed by atoms with Gasteiger partial charge in [-0.05, 0) is 56.6 Å². The first-order valence-corrected chi connectivity index (χ1v) is 8.71. The van der Waals surface area contributed by atoms with Crippen molar-refractivity contribution in [2.45, 2.75) is 44.8 Å². The molecule has 1 heterocycles. The minimum atomic E-state index is 0.114. The van der Waals surface area contributed by atoms with Crippen LogP contribution in [0, 0.1) is 6.92 Å². The summed E-state index contributed by atoms with van der Waals surface area (Å²) < 4.78 is 6.41. The minimum absolute atomic E-state index is 0.114. The lowest BCUT2D eigenvalue weighted by Crippen LogP contribution is -2.37. The number of hydrogen-bond donors (Lipinski definition) is 0. The van der Waals surface area contributed by atoms with E-state index in [1.807, 2.05) is 0 Å². The monoisotopic (exact) mass is 309 g/mol. The van der Waals surface area contributed by atoms with Gasteiger partial charge < -0.3 is 9.64 Å². The van der Waals surface area contributed by atoms with Crippen molar-refractivity contribution < 1.29 is 4.74 Å². The van der Waals surface area contributed by atoms with Gasteiger partial charge in [0.15, 0.2) is 0 Å². The van der Waals surface area contributed by atoms with Crippen LogP contribution in [0.4, 0.5) is 0 Å². The second-order valence-corrected chi connectivity index (χ2v) is 6.70. The third kappa shape index (κ3) is 4.35. The van der Waals surface area contributed by atoms with Crippen LogP contribution in [0.2, 0.25) is 0 Å². The molecule has 1 aliphatic rings.